The molecule has 2 aromatic heterocycles. The van der Waals surface area contributed by atoms with Crippen LogP contribution in [-0.2, 0) is 11.2 Å². The van der Waals surface area contributed by atoms with Crippen molar-refractivity contribution in [3.63, 3.8) is 0 Å². The van der Waals surface area contributed by atoms with E-state index in [1.807, 2.05) is 62.4 Å². The van der Waals surface area contributed by atoms with Gasteiger partial charge in [-0.3, -0.25) is 4.79 Å². The van der Waals surface area contributed by atoms with Gasteiger partial charge in [-0.05, 0) is 31.2 Å². The summed E-state index contributed by atoms with van der Waals surface area (Å²) < 4.78 is 5.97. The predicted octanol–water partition coefficient (Wildman–Crippen LogP) is 4.98. The van der Waals surface area contributed by atoms with Crippen molar-refractivity contribution in [2.75, 3.05) is 11.1 Å². The fourth-order valence-electron chi connectivity index (χ4n) is 2.83. The van der Waals surface area contributed by atoms with Gasteiger partial charge in [0.05, 0.1) is 5.75 Å². The summed E-state index contributed by atoms with van der Waals surface area (Å²) in [7, 11) is 0. The van der Waals surface area contributed by atoms with E-state index in [-0.39, 0.29) is 11.7 Å². The number of nitrogens with one attached hydrogen (secondary N) is 1. The van der Waals surface area contributed by atoms with Gasteiger partial charge in [-0.15, -0.1) is 0 Å². The molecule has 4 rings (SSSR count). The number of nitrogens with zero attached hydrogens (tertiary/aromatic N) is 2. The van der Waals surface area contributed by atoms with Crippen molar-refractivity contribution < 1.29 is 9.21 Å². The molecule has 6 heteroatoms. The lowest BCUT2D eigenvalue weighted by Gasteiger charge is -2.06. The van der Waals surface area contributed by atoms with Crippen LogP contribution in [0.4, 0.5) is 5.69 Å². The minimum atomic E-state index is -0.0789. The number of furan rings is 1. The molecule has 1 amide bonds. The van der Waals surface area contributed by atoms with Crippen molar-refractivity contribution in [1.29, 1.82) is 0 Å². The number of aryl methyl sites for hydroxylation is 2. The van der Waals surface area contributed by atoms with E-state index >= 15 is 0 Å². The number of rotatable bonds is 5. The monoisotopic (exact) mass is 377 g/mol. The highest BCUT2D eigenvalue weighted by molar-refractivity contribution is 8.00. The number of anilines is 1. The summed E-state index contributed by atoms with van der Waals surface area (Å²) >= 11 is 1.37. The summed E-state index contributed by atoms with van der Waals surface area (Å²) in [4.78, 5) is 21.5. The molecule has 0 unspecified atom stereocenters. The molecule has 2 aromatic carbocycles. The molecule has 27 heavy (non-hydrogen) atoms. The zero-order valence-corrected chi connectivity index (χ0v) is 16.0. The van der Waals surface area contributed by atoms with Gasteiger partial charge < -0.3 is 9.73 Å². The summed E-state index contributed by atoms with van der Waals surface area (Å²) in [6.07, 6.45) is 0.721. The maximum absolute atomic E-state index is 12.3. The first kappa shape index (κ1) is 17.5. The topological polar surface area (TPSA) is 68.0 Å². The van der Waals surface area contributed by atoms with Gasteiger partial charge in [0.15, 0.2) is 5.58 Å². The molecule has 2 heterocycles. The number of carbonyl (C=O) groups is 1. The molecule has 0 aliphatic carbocycles. The molecule has 1 N–H and O–H groups in total. The lowest BCUT2D eigenvalue weighted by molar-refractivity contribution is -0.113. The molecule has 0 spiro atoms. The van der Waals surface area contributed by atoms with Crippen LogP contribution in [-0.4, -0.2) is 21.6 Å². The van der Waals surface area contributed by atoms with Crippen molar-refractivity contribution in [3.05, 3.63) is 59.9 Å². The average molecular weight is 377 g/mol. The molecular formula is C21H19N3O2S. The molecule has 0 bridgehead atoms. The van der Waals surface area contributed by atoms with E-state index in [9.17, 15) is 4.79 Å². The van der Waals surface area contributed by atoms with Crippen LogP contribution in [0.1, 0.15) is 18.3 Å². The first-order valence-corrected chi connectivity index (χ1v) is 9.80. The standard InChI is InChI=1S/C21H19N3O2S/c1-3-17-23-19-15-6-4-5-7-16(15)26-20(19)21(24-17)27-12-18(25)22-14-10-8-13(2)9-11-14/h4-11H,3,12H2,1-2H3,(H,22,25). The second-order valence-corrected chi connectivity index (χ2v) is 7.24. The van der Waals surface area contributed by atoms with Crippen LogP contribution in [0.25, 0.3) is 22.1 Å². The van der Waals surface area contributed by atoms with Crippen LogP contribution in [0.2, 0.25) is 0 Å². The van der Waals surface area contributed by atoms with Crippen molar-refractivity contribution in [2.45, 2.75) is 25.3 Å². The maximum atomic E-state index is 12.3. The Hall–Kier alpha value is -2.86. The van der Waals surface area contributed by atoms with Gasteiger partial charge in [-0.1, -0.05) is 48.5 Å². The molecule has 5 nitrogen and oxygen atoms in total. The Labute approximate surface area is 161 Å². The summed E-state index contributed by atoms with van der Waals surface area (Å²) in [5.74, 6) is 0.917. The molecule has 0 aliphatic heterocycles. The molecule has 136 valence electrons. The zero-order valence-electron chi connectivity index (χ0n) is 15.2. The Balaban J connectivity index is 1.59. The Kier molecular flexibility index (Phi) is 4.81. The molecule has 4 aromatic rings. The summed E-state index contributed by atoms with van der Waals surface area (Å²) in [5.41, 5.74) is 4.17. The van der Waals surface area contributed by atoms with Crippen molar-refractivity contribution in [1.82, 2.24) is 9.97 Å². The number of thioether (sulfide) groups is 1. The number of amides is 1. The normalized spacial score (nSPS) is 11.2. The predicted molar refractivity (Wildman–Crippen MR) is 109 cm³/mol. The highest BCUT2D eigenvalue weighted by Gasteiger charge is 2.16. The fraction of sp³-hybridized carbons (Fsp3) is 0.190. The minimum Gasteiger partial charge on any atom is -0.451 e. The second-order valence-electron chi connectivity index (χ2n) is 6.28. The van der Waals surface area contributed by atoms with Gasteiger partial charge in [-0.2, -0.15) is 0 Å². The van der Waals surface area contributed by atoms with Crippen molar-refractivity contribution in [3.8, 4) is 0 Å². The number of hydrogen-bond donors (Lipinski definition) is 1. The van der Waals surface area contributed by atoms with E-state index < -0.39 is 0 Å². The third kappa shape index (κ3) is 3.66. The lowest BCUT2D eigenvalue weighted by Crippen LogP contribution is -2.14. The van der Waals surface area contributed by atoms with Crippen molar-refractivity contribution >= 4 is 45.4 Å². The Bertz CT molecular complexity index is 1120. The smallest absolute Gasteiger partial charge is 0.234 e. The Morgan fingerprint density at radius 1 is 1.11 bits per heavy atom. The molecule has 0 saturated heterocycles. The molecule has 0 aliphatic rings. The van der Waals surface area contributed by atoms with Crippen LogP contribution in [0.3, 0.4) is 0 Å². The lowest BCUT2D eigenvalue weighted by atomic mass is 10.2. The fourth-order valence-corrected chi connectivity index (χ4v) is 3.61. The number of fused-ring (bicyclic) bond motifs is 3. The Morgan fingerprint density at radius 2 is 1.89 bits per heavy atom. The third-order valence-electron chi connectivity index (χ3n) is 4.23. The summed E-state index contributed by atoms with van der Waals surface area (Å²) in [5, 5.41) is 4.58. The number of para-hydroxylation sites is 1. The maximum Gasteiger partial charge on any atom is 0.234 e. The van der Waals surface area contributed by atoms with E-state index in [0.717, 1.165) is 40.0 Å². The van der Waals surface area contributed by atoms with E-state index in [0.29, 0.717) is 10.6 Å². The molecule has 0 fully saturated rings. The van der Waals surface area contributed by atoms with E-state index in [1.54, 1.807) is 0 Å². The summed E-state index contributed by atoms with van der Waals surface area (Å²) in [6.45, 7) is 4.03. The number of benzene rings is 2. The summed E-state index contributed by atoms with van der Waals surface area (Å²) in [6, 6.07) is 15.5. The third-order valence-corrected chi connectivity index (χ3v) is 5.18. The van der Waals surface area contributed by atoms with Gasteiger partial charge >= 0.3 is 0 Å². The van der Waals surface area contributed by atoms with Gasteiger partial charge in [0.25, 0.3) is 0 Å². The largest absolute Gasteiger partial charge is 0.451 e. The number of aromatic nitrogens is 2. The molecule has 0 radical (unpaired) electrons. The van der Waals surface area contributed by atoms with Crippen LogP contribution >= 0.6 is 11.8 Å². The zero-order chi connectivity index (χ0) is 18.8. The molecule has 0 atom stereocenters. The number of hydrogen-bond acceptors (Lipinski definition) is 5. The SMILES string of the molecule is CCc1nc(SCC(=O)Nc2ccc(C)cc2)c2oc3ccccc3c2n1. The highest BCUT2D eigenvalue weighted by atomic mass is 32.2. The van der Waals surface area contributed by atoms with Crippen LogP contribution in [0.5, 0.6) is 0 Å². The molecule has 0 saturated carbocycles. The first-order chi connectivity index (χ1) is 13.1. The van der Waals surface area contributed by atoms with Crippen LogP contribution < -0.4 is 5.32 Å². The van der Waals surface area contributed by atoms with E-state index in [4.69, 9.17) is 4.42 Å². The van der Waals surface area contributed by atoms with E-state index in [1.165, 1.54) is 11.8 Å². The van der Waals surface area contributed by atoms with Crippen LogP contribution in [0.15, 0.2) is 58.0 Å². The first-order valence-electron chi connectivity index (χ1n) is 8.81. The average Bonchev–Trinajstić information content (AvgIpc) is 3.06. The second kappa shape index (κ2) is 7.40. The van der Waals surface area contributed by atoms with Crippen molar-refractivity contribution in [2.24, 2.45) is 0 Å². The van der Waals surface area contributed by atoms with E-state index in [2.05, 4.69) is 15.3 Å². The highest BCUT2D eigenvalue weighted by Crippen LogP contribution is 2.33. The molecular weight excluding hydrogens is 358 g/mol. The Morgan fingerprint density at radius 3 is 2.67 bits per heavy atom. The quantitative estimate of drug-likeness (QED) is 0.392. The van der Waals surface area contributed by atoms with Gasteiger partial charge in [0.1, 0.15) is 22.0 Å². The van der Waals surface area contributed by atoms with Gasteiger partial charge in [-0.25, -0.2) is 9.97 Å². The van der Waals surface area contributed by atoms with Gasteiger partial charge in [0, 0.05) is 17.5 Å². The number of carbonyl (C=O) groups excluding carboxylic acids is 1. The minimum absolute atomic E-state index is 0.0789. The van der Waals surface area contributed by atoms with Crippen LogP contribution in [0, 0.1) is 6.92 Å². The van der Waals surface area contributed by atoms with Gasteiger partial charge in [0.2, 0.25) is 5.91 Å².